The summed E-state index contributed by atoms with van der Waals surface area (Å²) >= 11 is 3.42. The van der Waals surface area contributed by atoms with Crippen molar-refractivity contribution in [2.45, 2.75) is 27.7 Å². The van der Waals surface area contributed by atoms with Gasteiger partial charge in [-0.15, -0.1) is 0 Å². The summed E-state index contributed by atoms with van der Waals surface area (Å²) in [5.74, 6) is -0.583. The van der Waals surface area contributed by atoms with Gasteiger partial charge in [-0.05, 0) is 62.6 Å². The first-order chi connectivity index (χ1) is 14.5. The second-order valence-corrected chi connectivity index (χ2v) is 8.00. The van der Waals surface area contributed by atoms with Crippen molar-refractivity contribution >= 4 is 33.5 Å². The lowest BCUT2D eigenvalue weighted by molar-refractivity contribution is -0.385. The van der Waals surface area contributed by atoms with E-state index in [1.807, 2.05) is 6.92 Å². The van der Waals surface area contributed by atoms with Gasteiger partial charge in [0.25, 0.3) is 11.2 Å². The van der Waals surface area contributed by atoms with Gasteiger partial charge < -0.3 is 5.11 Å². The number of nitrogens with one attached hydrogen (secondary N) is 1. The Balaban J connectivity index is 2.18. The van der Waals surface area contributed by atoms with E-state index in [-0.39, 0.29) is 16.9 Å². The molecule has 3 aromatic rings. The number of nitrogens with zero attached hydrogens (tertiary/aromatic N) is 3. The molecule has 3 rings (SSSR count). The second kappa shape index (κ2) is 8.31. The predicted octanol–water partition coefficient (Wildman–Crippen LogP) is 3.89. The highest BCUT2D eigenvalue weighted by Crippen LogP contribution is 2.28. The Morgan fingerprint density at radius 3 is 2.42 bits per heavy atom. The molecule has 0 aliphatic heterocycles. The zero-order valence-corrected chi connectivity index (χ0v) is 18.8. The van der Waals surface area contributed by atoms with Crippen molar-refractivity contribution in [1.29, 1.82) is 0 Å². The molecule has 0 radical (unpaired) electrons. The summed E-state index contributed by atoms with van der Waals surface area (Å²) in [7, 11) is 0. The third kappa shape index (κ3) is 4.19. The smallest absolute Gasteiger partial charge is 0.335 e. The van der Waals surface area contributed by atoms with Gasteiger partial charge in [-0.25, -0.2) is 9.36 Å². The number of nitro benzene ring substituents is 1. The van der Waals surface area contributed by atoms with E-state index in [2.05, 4.69) is 25.9 Å². The minimum Gasteiger partial charge on any atom is -0.493 e. The highest BCUT2D eigenvalue weighted by atomic mass is 79.9. The van der Waals surface area contributed by atoms with Crippen molar-refractivity contribution in [1.82, 2.24) is 9.55 Å². The number of aromatic hydroxyl groups is 1. The summed E-state index contributed by atoms with van der Waals surface area (Å²) in [5, 5.41) is 22.0. The molecule has 0 spiro atoms. The number of nitro groups is 1. The van der Waals surface area contributed by atoms with Gasteiger partial charge in [-0.1, -0.05) is 15.9 Å². The molecule has 0 unspecified atom stereocenters. The fraction of sp³-hybridized carbons (Fsp3) is 0.190. The average Bonchev–Trinajstić information content (AvgIpc) is 2.67. The van der Waals surface area contributed by atoms with Crippen LogP contribution in [0.4, 0.5) is 11.4 Å². The summed E-state index contributed by atoms with van der Waals surface area (Å²) < 4.78 is 1.82. The normalized spacial score (nSPS) is 11.3. The van der Waals surface area contributed by atoms with Crippen LogP contribution in [0.5, 0.6) is 5.88 Å². The lowest BCUT2D eigenvalue weighted by Gasteiger charge is -2.14. The third-order valence-corrected chi connectivity index (χ3v) is 5.86. The van der Waals surface area contributed by atoms with Crippen LogP contribution in [0.3, 0.4) is 0 Å². The molecule has 1 aromatic heterocycles. The molecule has 0 aliphatic rings. The number of benzene rings is 2. The van der Waals surface area contributed by atoms with Gasteiger partial charge in [0.15, 0.2) is 0 Å². The first-order valence-corrected chi connectivity index (χ1v) is 9.95. The standard InChI is InChI=1S/C21H19BrN4O5/c1-10-5-14(8-18(13(10)4)26(30)31)23-9-15-19(27)24-21(29)25(20(15)28)17-7-11(2)16(22)6-12(17)3/h5-9,28H,1-4H3,(H,24,27,29). The number of hydrogen-bond donors (Lipinski definition) is 2. The van der Waals surface area contributed by atoms with E-state index < -0.39 is 22.1 Å². The highest BCUT2D eigenvalue weighted by molar-refractivity contribution is 9.10. The fourth-order valence-electron chi connectivity index (χ4n) is 3.11. The largest absolute Gasteiger partial charge is 0.493 e. The number of hydrogen-bond acceptors (Lipinski definition) is 6. The molecule has 0 saturated carbocycles. The number of aromatic amines is 1. The first kappa shape index (κ1) is 22.2. The highest BCUT2D eigenvalue weighted by Gasteiger charge is 2.17. The first-order valence-electron chi connectivity index (χ1n) is 9.16. The maximum atomic E-state index is 12.5. The number of H-pyrrole nitrogens is 1. The molecule has 0 fully saturated rings. The number of aromatic nitrogens is 2. The zero-order chi connectivity index (χ0) is 23.0. The molecule has 2 N–H and O–H groups in total. The van der Waals surface area contributed by atoms with Crippen LogP contribution in [0.25, 0.3) is 5.69 Å². The maximum absolute atomic E-state index is 12.5. The topological polar surface area (TPSA) is 131 Å². The molecule has 0 saturated heterocycles. The molecule has 0 bridgehead atoms. The van der Waals surface area contributed by atoms with E-state index in [0.29, 0.717) is 22.4 Å². The molecular weight excluding hydrogens is 468 g/mol. The SMILES string of the molecule is Cc1cc(-n2c(O)c(C=Nc3cc(C)c(C)c([N+](=O)[O-])c3)c(=O)[nH]c2=O)c(C)cc1Br. The van der Waals surface area contributed by atoms with Crippen LogP contribution in [-0.4, -0.2) is 25.8 Å². The summed E-state index contributed by atoms with van der Waals surface area (Å²) in [5.41, 5.74) is 1.35. The third-order valence-electron chi connectivity index (χ3n) is 5.00. The van der Waals surface area contributed by atoms with Gasteiger partial charge in [0.05, 0.1) is 16.3 Å². The van der Waals surface area contributed by atoms with Crippen LogP contribution in [0.15, 0.2) is 43.3 Å². The van der Waals surface area contributed by atoms with Crippen LogP contribution >= 0.6 is 15.9 Å². The number of halogens is 1. The number of aryl methyl sites for hydroxylation is 3. The van der Waals surface area contributed by atoms with Crippen molar-refractivity contribution in [2.75, 3.05) is 0 Å². The van der Waals surface area contributed by atoms with E-state index in [4.69, 9.17) is 0 Å². The van der Waals surface area contributed by atoms with E-state index in [0.717, 1.165) is 20.8 Å². The van der Waals surface area contributed by atoms with Gasteiger partial charge in [0.2, 0.25) is 5.88 Å². The Morgan fingerprint density at radius 1 is 1.10 bits per heavy atom. The van der Waals surface area contributed by atoms with E-state index in [9.17, 15) is 24.8 Å². The molecule has 1 heterocycles. The predicted molar refractivity (Wildman–Crippen MR) is 121 cm³/mol. The molecule has 9 nitrogen and oxygen atoms in total. The van der Waals surface area contributed by atoms with Crippen LogP contribution in [-0.2, 0) is 0 Å². The van der Waals surface area contributed by atoms with Gasteiger partial charge in [0.1, 0.15) is 5.56 Å². The van der Waals surface area contributed by atoms with Crippen LogP contribution in [0, 0.1) is 37.8 Å². The molecule has 160 valence electrons. The number of aliphatic imine (C=N–C) groups is 1. The summed E-state index contributed by atoms with van der Waals surface area (Å²) in [4.78, 5) is 41.8. The van der Waals surface area contributed by atoms with Crippen molar-refractivity contribution < 1.29 is 10.0 Å². The average molecular weight is 487 g/mol. The lowest BCUT2D eigenvalue weighted by Crippen LogP contribution is -2.31. The Morgan fingerprint density at radius 2 is 1.77 bits per heavy atom. The molecule has 2 aromatic carbocycles. The minimum absolute atomic E-state index is 0.101. The summed E-state index contributed by atoms with van der Waals surface area (Å²) in [6.45, 7) is 6.94. The summed E-state index contributed by atoms with van der Waals surface area (Å²) in [6.07, 6.45) is 1.08. The second-order valence-electron chi connectivity index (χ2n) is 7.14. The van der Waals surface area contributed by atoms with Crippen molar-refractivity contribution in [3.05, 3.63) is 87.5 Å². The molecule has 0 atom stereocenters. The van der Waals surface area contributed by atoms with Gasteiger partial charge >= 0.3 is 5.69 Å². The molecule has 0 amide bonds. The summed E-state index contributed by atoms with van der Waals surface area (Å²) in [6, 6.07) is 6.40. The Hall–Kier alpha value is -3.53. The Kier molecular flexibility index (Phi) is 5.94. The Labute approximate surface area is 185 Å². The monoisotopic (exact) mass is 486 g/mol. The van der Waals surface area contributed by atoms with E-state index in [1.165, 1.54) is 6.07 Å². The van der Waals surface area contributed by atoms with Crippen molar-refractivity contribution in [2.24, 2.45) is 4.99 Å². The van der Waals surface area contributed by atoms with E-state index in [1.54, 1.807) is 39.0 Å². The quantitative estimate of drug-likeness (QED) is 0.328. The van der Waals surface area contributed by atoms with Crippen LogP contribution in [0.2, 0.25) is 0 Å². The molecular formula is C21H19BrN4O5. The molecule has 10 heteroatoms. The van der Waals surface area contributed by atoms with Crippen LogP contribution in [0.1, 0.15) is 27.8 Å². The Bertz CT molecular complexity index is 1370. The maximum Gasteiger partial charge on any atom is 0.335 e. The molecule has 0 aliphatic carbocycles. The van der Waals surface area contributed by atoms with Gasteiger partial charge in [-0.2, -0.15) is 0 Å². The van der Waals surface area contributed by atoms with Crippen molar-refractivity contribution in [3.8, 4) is 11.6 Å². The van der Waals surface area contributed by atoms with Crippen LogP contribution < -0.4 is 11.2 Å². The zero-order valence-electron chi connectivity index (χ0n) is 17.2. The van der Waals surface area contributed by atoms with Gasteiger partial charge in [0, 0.05) is 22.3 Å². The van der Waals surface area contributed by atoms with E-state index >= 15 is 0 Å². The fourth-order valence-corrected chi connectivity index (χ4v) is 3.57. The van der Waals surface area contributed by atoms with Gasteiger partial charge in [-0.3, -0.25) is 24.9 Å². The number of rotatable bonds is 4. The van der Waals surface area contributed by atoms with Crippen molar-refractivity contribution in [3.63, 3.8) is 0 Å². The molecule has 31 heavy (non-hydrogen) atoms. The minimum atomic E-state index is -0.827. The lowest BCUT2D eigenvalue weighted by atomic mass is 10.1.